The molecule has 0 bridgehead atoms. The molecule has 0 saturated heterocycles. The third kappa shape index (κ3) is 2.66. The van der Waals surface area contributed by atoms with Crippen molar-refractivity contribution in [2.45, 2.75) is 45.2 Å². The standard InChI is InChI=1S/C16H23N3/c1-12-6-5-7-13(10-12)17-11-16-18-14-8-3-4-9-15(14)19(16)2/h3-4,8-9,12-13,17H,5-7,10-11H2,1-2H3. The molecule has 3 heteroatoms. The van der Waals surface area contributed by atoms with Gasteiger partial charge in [0.25, 0.3) is 0 Å². The summed E-state index contributed by atoms with van der Waals surface area (Å²) in [5.41, 5.74) is 2.31. The van der Waals surface area contributed by atoms with E-state index in [1.54, 1.807) is 0 Å². The number of aromatic nitrogens is 2. The van der Waals surface area contributed by atoms with Crippen molar-refractivity contribution in [2.24, 2.45) is 13.0 Å². The van der Waals surface area contributed by atoms with Gasteiger partial charge in [-0.25, -0.2) is 4.98 Å². The number of nitrogens with zero attached hydrogens (tertiary/aromatic N) is 2. The van der Waals surface area contributed by atoms with E-state index in [-0.39, 0.29) is 0 Å². The van der Waals surface area contributed by atoms with Crippen LogP contribution in [0.15, 0.2) is 24.3 Å². The van der Waals surface area contributed by atoms with E-state index in [1.807, 2.05) is 0 Å². The van der Waals surface area contributed by atoms with E-state index in [9.17, 15) is 0 Å². The van der Waals surface area contributed by atoms with E-state index in [4.69, 9.17) is 4.98 Å². The first-order chi connectivity index (χ1) is 9.24. The number of fused-ring (bicyclic) bond motifs is 1. The van der Waals surface area contributed by atoms with Gasteiger partial charge in [-0.05, 0) is 30.9 Å². The Labute approximate surface area is 115 Å². The van der Waals surface area contributed by atoms with E-state index in [0.717, 1.165) is 23.8 Å². The largest absolute Gasteiger partial charge is 0.330 e. The molecule has 2 unspecified atom stereocenters. The first kappa shape index (κ1) is 12.7. The molecule has 0 spiro atoms. The maximum absolute atomic E-state index is 4.72. The van der Waals surface area contributed by atoms with Crippen molar-refractivity contribution in [1.82, 2.24) is 14.9 Å². The van der Waals surface area contributed by atoms with Crippen LogP contribution in [0.3, 0.4) is 0 Å². The Hall–Kier alpha value is -1.35. The summed E-state index contributed by atoms with van der Waals surface area (Å²) in [6.07, 6.45) is 5.38. The zero-order valence-electron chi connectivity index (χ0n) is 11.9. The van der Waals surface area contributed by atoms with Gasteiger partial charge in [-0.15, -0.1) is 0 Å². The third-order valence-corrected chi connectivity index (χ3v) is 4.37. The van der Waals surface area contributed by atoms with Crippen molar-refractivity contribution in [2.75, 3.05) is 0 Å². The lowest BCUT2D eigenvalue weighted by molar-refractivity contribution is 0.298. The number of para-hydroxylation sites is 2. The van der Waals surface area contributed by atoms with Crippen molar-refractivity contribution in [3.05, 3.63) is 30.1 Å². The first-order valence-corrected chi connectivity index (χ1v) is 7.38. The number of nitrogens with one attached hydrogen (secondary N) is 1. The van der Waals surface area contributed by atoms with Crippen LogP contribution in [0.5, 0.6) is 0 Å². The van der Waals surface area contributed by atoms with Crippen molar-refractivity contribution < 1.29 is 0 Å². The number of aryl methyl sites for hydroxylation is 1. The first-order valence-electron chi connectivity index (χ1n) is 7.38. The van der Waals surface area contributed by atoms with Gasteiger partial charge in [-0.2, -0.15) is 0 Å². The fourth-order valence-electron chi connectivity index (χ4n) is 3.21. The molecule has 0 radical (unpaired) electrons. The monoisotopic (exact) mass is 257 g/mol. The second-order valence-electron chi connectivity index (χ2n) is 5.93. The normalized spacial score (nSPS) is 23.9. The number of rotatable bonds is 3. The van der Waals surface area contributed by atoms with Gasteiger partial charge in [-0.3, -0.25) is 0 Å². The number of imidazole rings is 1. The van der Waals surface area contributed by atoms with Crippen LogP contribution in [0.1, 0.15) is 38.4 Å². The summed E-state index contributed by atoms with van der Waals surface area (Å²) in [4.78, 5) is 4.72. The lowest BCUT2D eigenvalue weighted by Gasteiger charge is -2.27. The van der Waals surface area contributed by atoms with Gasteiger partial charge in [0.1, 0.15) is 5.82 Å². The Bertz CT molecular complexity index is 558. The van der Waals surface area contributed by atoms with Crippen LogP contribution >= 0.6 is 0 Å². The topological polar surface area (TPSA) is 29.9 Å². The Morgan fingerprint density at radius 3 is 2.95 bits per heavy atom. The summed E-state index contributed by atoms with van der Waals surface area (Å²) >= 11 is 0. The molecule has 0 aliphatic heterocycles. The molecular weight excluding hydrogens is 234 g/mol. The summed E-state index contributed by atoms with van der Waals surface area (Å²) in [5.74, 6) is 2.01. The lowest BCUT2D eigenvalue weighted by Crippen LogP contribution is -2.33. The predicted octanol–water partition coefficient (Wildman–Crippen LogP) is 3.24. The van der Waals surface area contributed by atoms with E-state index < -0.39 is 0 Å². The fraction of sp³-hybridized carbons (Fsp3) is 0.562. The van der Waals surface area contributed by atoms with E-state index in [1.165, 1.54) is 31.2 Å². The molecule has 3 nitrogen and oxygen atoms in total. The summed E-state index contributed by atoms with van der Waals surface area (Å²) in [6, 6.07) is 9.01. The zero-order chi connectivity index (χ0) is 13.2. The molecule has 2 atom stereocenters. The molecule has 0 amide bonds. The average molecular weight is 257 g/mol. The Morgan fingerprint density at radius 1 is 1.32 bits per heavy atom. The maximum Gasteiger partial charge on any atom is 0.123 e. The minimum absolute atomic E-state index is 0.670. The van der Waals surface area contributed by atoms with Crippen molar-refractivity contribution in [3.63, 3.8) is 0 Å². The van der Waals surface area contributed by atoms with Gasteiger partial charge in [0.2, 0.25) is 0 Å². The minimum Gasteiger partial charge on any atom is -0.330 e. The second kappa shape index (κ2) is 5.33. The minimum atomic E-state index is 0.670. The maximum atomic E-state index is 4.72. The molecule has 1 heterocycles. The van der Waals surface area contributed by atoms with Crippen molar-refractivity contribution >= 4 is 11.0 Å². The molecule has 1 N–H and O–H groups in total. The molecule has 1 saturated carbocycles. The van der Waals surface area contributed by atoms with Crippen LogP contribution in [0, 0.1) is 5.92 Å². The van der Waals surface area contributed by atoms with Gasteiger partial charge >= 0.3 is 0 Å². The third-order valence-electron chi connectivity index (χ3n) is 4.37. The van der Waals surface area contributed by atoms with Gasteiger partial charge in [0.15, 0.2) is 0 Å². The summed E-state index contributed by atoms with van der Waals surface area (Å²) < 4.78 is 2.20. The molecular formula is C16H23N3. The summed E-state index contributed by atoms with van der Waals surface area (Å²) in [7, 11) is 2.11. The van der Waals surface area contributed by atoms with Crippen molar-refractivity contribution in [1.29, 1.82) is 0 Å². The summed E-state index contributed by atoms with van der Waals surface area (Å²) in [6.45, 7) is 3.24. The highest BCUT2D eigenvalue weighted by molar-refractivity contribution is 5.75. The Balaban J connectivity index is 1.69. The van der Waals surface area contributed by atoms with Crippen LogP contribution in [-0.4, -0.2) is 15.6 Å². The van der Waals surface area contributed by atoms with E-state index in [2.05, 4.69) is 48.1 Å². The summed E-state index contributed by atoms with van der Waals surface area (Å²) in [5, 5.41) is 3.69. The average Bonchev–Trinajstić information content (AvgIpc) is 2.74. The highest BCUT2D eigenvalue weighted by Crippen LogP contribution is 2.24. The van der Waals surface area contributed by atoms with Crippen LogP contribution in [0.25, 0.3) is 11.0 Å². The molecule has 102 valence electrons. The van der Waals surface area contributed by atoms with Crippen LogP contribution in [0.2, 0.25) is 0 Å². The molecule has 19 heavy (non-hydrogen) atoms. The SMILES string of the molecule is CC1CCCC(NCc2nc3ccccc3n2C)C1. The van der Waals surface area contributed by atoms with Gasteiger partial charge in [0.05, 0.1) is 17.6 Å². The lowest BCUT2D eigenvalue weighted by atomic mass is 9.87. The number of hydrogen-bond acceptors (Lipinski definition) is 2. The predicted molar refractivity (Wildman–Crippen MR) is 79.0 cm³/mol. The molecule has 1 aromatic heterocycles. The van der Waals surface area contributed by atoms with Crippen LogP contribution < -0.4 is 5.32 Å². The second-order valence-corrected chi connectivity index (χ2v) is 5.93. The zero-order valence-corrected chi connectivity index (χ0v) is 11.9. The van der Waals surface area contributed by atoms with Gasteiger partial charge in [0, 0.05) is 13.1 Å². The van der Waals surface area contributed by atoms with Crippen LogP contribution in [0.4, 0.5) is 0 Å². The van der Waals surface area contributed by atoms with Crippen LogP contribution in [-0.2, 0) is 13.6 Å². The molecule has 1 aromatic carbocycles. The molecule has 3 rings (SSSR count). The molecule has 2 aromatic rings. The molecule has 1 aliphatic rings. The van der Waals surface area contributed by atoms with Gasteiger partial charge < -0.3 is 9.88 Å². The molecule has 1 aliphatic carbocycles. The van der Waals surface area contributed by atoms with E-state index in [0.29, 0.717) is 6.04 Å². The highest BCUT2D eigenvalue weighted by atomic mass is 15.1. The molecule has 1 fully saturated rings. The Morgan fingerprint density at radius 2 is 2.16 bits per heavy atom. The quantitative estimate of drug-likeness (QED) is 0.914. The smallest absolute Gasteiger partial charge is 0.123 e. The van der Waals surface area contributed by atoms with E-state index >= 15 is 0 Å². The fourth-order valence-corrected chi connectivity index (χ4v) is 3.21. The number of hydrogen-bond donors (Lipinski definition) is 1. The van der Waals surface area contributed by atoms with Crippen molar-refractivity contribution in [3.8, 4) is 0 Å². The highest BCUT2D eigenvalue weighted by Gasteiger charge is 2.18. The van der Waals surface area contributed by atoms with Gasteiger partial charge in [-0.1, -0.05) is 31.9 Å². The Kier molecular flexibility index (Phi) is 3.56. The number of benzene rings is 1.